The Hall–Kier alpha value is -2.23. The number of nitrogens with one attached hydrogen (secondary N) is 1. The first kappa shape index (κ1) is 12.2. The van der Waals surface area contributed by atoms with Gasteiger partial charge in [-0.05, 0) is 16.8 Å². The summed E-state index contributed by atoms with van der Waals surface area (Å²) in [7, 11) is 4.68. The number of hydrogen-bond donors (Lipinski definition) is 1. The molecule has 0 fully saturated rings. The molecule has 0 aliphatic carbocycles. The predicted molar refractivity (Wildman–Crippen MR) is 70.4 cm³/mol. The van der Waals surface area contributed by atoms with Crippen LogP contribution in [0.3, 0.4) is 0 Å². The molecule has 0 saturated carbocycles. The Morgan fingerprint density at radius 1 is 1.17 bits per heavy atom. The van der Waals surface area contributed by atoms with Crippen molar-refractivity contribution in [2.75, 3.05) is 21.3 Å². The largest absolute Gasteiger partial charge is 0.493 e. The van der Waals surface area contributed by atoms with Gasteiger partial charge >= 0.3 is 0 Å². The lowest BCUT2D eigenvalue weighted by Crippen LogP contribution is -2.19. The van der Waals surface area contributed by atoms with E-state index < -0.39 is 0 Å². The maximum absolute atomic E-state index is 12.0. The van der Waals surface area contributed by atoms with Gasteiger partial charge in [0, 0.05) is 7.05 Å². The highest BCUT2D eigenvalue weighted by atomic mass is 16.5. The second-order valence-corrected chi connectivity index (χ2v) is 3.79. The van der Waals surface area contributed by atoms with Crippen molar-refractivity contribution in [2.24, 2.45) is 0 Å². The van der Waals surface area contributed by atoms with Gasteiger partial charge in [-0.15, -0.1) is 0 Å². The molecule has 0 radical (unpaired) electrons. The minimum atomic E-state index is -0.193. The Kier molecular flexibility index (Phi) is 3.37. The Bertz CT molecular complexity index is 593. The van der Waals surface area contributed by atoms with Gasteiger partial charge in [-0.2, -0.15) is 0 Å². The summed E-state index contributed by atoms with van der Waals surface area (Å²) in [5, 5.41) is 4.41. The van der Waals surface area contributed by atoms with Gasteiger partial charge in [-0.3, -0.25) is 4.79 Å². The first-order valence-electron chi connectivity index (χ1n) is 5.58. The van der Waals surface area contributed by atoms with Gasteiger partial charge in [-0.25, -0.2) is 0 Å². The van der Waals surface area contributed by atoms with Crippen molar-refractivity contribution < 1.29 is 14.3 Å². The highest BCUT2D eigenvalue weighted by Crippen LogP contribution is 2.37. The fourth-order valence-corrected chi connectivity index (χ4v) is 2.01. The second kappa shape index (κ2) is 4.96. The summed E-state index contributed by atoms with van der Waals surface area (Å²) in [6, 6.07) is 9.49. The number of rotatable bonds is 3. The number of amides is 1. The standard InChI is InChI=1S/C14H15NO3/c1-15-14(16)12-10-7-5-4-6-9(10)8-11(17-2)13(12)18-3/h4-8H,1-3H3,(H,15,16). The van der Waals surface area contributed by atoms with Gasteiger partial charge < -0.3 is 14.8 Å². The summed E-state index contributed by atoms with van der Waals surface area (Å²) >= 11 is 0. The third kappa shape index (κ3) is 1.86. The number of hydrogen-bond acceptors (Lipinski definition) is 3. The molecule has 0 aromatic heterocycles. The van der Waals surface area contributed by atoms with E-state index in [0.29, 0.717) is 17.1 Å². The molecule has 0 saturated heterocycles. The first-order chi connectivity index (χ1) is 8.72. The Labute approximate surface area is 106 Å². The predicted octanol–water partition coefficient (Wildman–Crippen LogP) is 2.22. The number of ether oxygens (including phenoxy) is 2. The van der Waals surface area contributed by atoms with E-state index in [1.807, 2.05) is 30.3 Å². The van der Waals surface area contributed by atoms with Gasteiger partial charge in [0.05, 0.1) is 19.8 Å². The highest BCUT2D eigenvalue weighted by Gasteiger charge is 2.19. The van der Waals surface area contributed by atoms with Crippen molar-refractivity contribution in [3.8, 4) is 11.5 Å². The van der Waals surface area contributed by atoms with Gasteiger partial charge in [0.25, 0.3) is 5.91 Å². The van der Waals surface area contributed by atoms with E-state index in [1.54, 1.807) is 14.2 Å². The van der Waals surface area contributed by atoms with Gasteiger partial charge in [0.2, 0.25) is 0 Å². The van der Waals surface area contributed by atoms with Crippen molar-refractivity contribution in [1.29, 1.82) is 0 Å². The topological polar surface area (TPSA) is 47.6 Å². The van der Waals surface area contributed by atoms with Crippen molar-refractivity contribution in [3.05, 3.63) is 35.9 Å². The maximum atomic E-state index is 12.0. The lowest BCUT2D eigenvalue weighted by atomic mass is 10.0. The van der Waals surface area contributed by atoms with E-state index in [-0.39, 0.29) is 5.91 Å². The second-order valence-electron chi connectivity index (χ2n) is 3.79. The van der Waals surface area contributed by atoms with Crippen molar-refractivity contribution >= 4 is 16.7 Å². The summed E-state index contributed by atoms with van der Waals surface area (Å²) < 4.78 is 10.6. The zero-order valence-corrected chi connectivity index (χ0v) is 10.6. The zero-order valence-electron chi connectivity index (χ0n) is 10.6. The van der Waals surface area contributed by atoms with Crippen LogP contribution in [0.2, 0.25) is 0 Å². The molecule has 2 aromatic carbocycles. The molecular weight excluding hydrogens is 230 g/mol. The van der Waals surface area contributed by atoms with Crippen molar-refractivity contribution in [3.63, 3.8) is 0 Å². The van der Waals surface area contributed by atoms with Crippen molar-refractivity contribution in [1.82, 2.24) is 5.32 Å². The molecule has 1 amide bonds. The molecule has 0 unspecified atom stereocenters. The minimum Gasteiger partial charge on any atom is -0.493 e. The number of carbonyl (C=O) groups excluding carboxylic acids is 1. The van der Waals surface area contributed by atoms with E-state index in [0.717, 1.165) is 10.8 Å². The van der Waals surface area contributed by atoms with Crippen LogP contribution in [0.5, 0.6) is 11.5 Å². The molecule has 1 N–H and O–H groups in total. The number of benzene rings is 2. The normalized spacial score (nSPS) is 10.2. The average Bonchev–Trinajstić information content (AvgIpc) is 2.44. The van der Waals surface area contributed by atoms with Crippen LogP contribution in [-0.2, 0) is 0 Å². The van der Waals surface area contributed by atoms with Crippen LogP contribution in [0, 0.1) is 0 Å². The van der Waals surface area contributed by atoms with Crippen LogP contribution in [0.15, 0.2) is 30.3 Å². The third-order valence-electron chi connectivity index (χ3n) is 2.85. The van der Waals surface area contributed by atoms with Gasteiger partial charge in [-0.1, -0.05) is 24.3 Å². The van der Waals surface area contributed by atoms with E-state index in [1.165, 1.54) is 7.11 Å². The van der Waals surface area contributed by atoms with Crippen LogP contribution >= 0.6 is 0 Å². The summed E-state index contributed by atoms with van der Waals surface area (Å²) in [5.41, 5.74) is 0.495. The fourth-order valence-electron chi connectivity index (χ4n) is 2.01. The van der Waals surface area contributed by atoms with Crippen LogP contribution in [-0.4, -0.2) is 27.2 Å². The number of methoxy groups -OCH3 is 2. The molecule has 2 rings (SSSR count). The smallest absolute Gasteiger partial charge is 0.255 e. The summed E-state index contributed by atoms with van der Waals surface area (Å²) in [6.45, 7) is 0. The Morgan fingerprint density at radius 3 is 2.50 bits per heavy atom. The van der Waals surface area contributed by atoms with Crippen LogP contribution in [0.25, 0.3) is 10.8 Å². The minimum absolute atomic E-state index is 0.193. The molecule has 4 nitrogen and oxygen atoms in total. The third-order valence-corrected chi connectivity index (χ3v) is 2.85. The van der Waals surface area contributed by atoms with Crippen LogP contribution in [0.4, 0.5) is 0 Å². The quantitative estimate of drug-likeness (QED) is 0.902. The maximum Gasteiger partial charge on any atom is 0.255 e. The number of fused-ring (bicyclic) bond motifs is 1. The molecule has 0 heterocycles. The molecule has 0 bridgehead atoms. The van der Waals surface area contributed by atoms with Gasteiger partial charge in [0.1, 0.15) is 0 Å². The van der Waals surface area contributed by atoms with E-state index in [4.69, 9.17) is 9.47 Å². The van der Waals surface area contributed by atoms with E-state index in [9.17, 15) is 4.79 Å². The van der Waals surface area contributed by atoms with Crippen LogP contribution < -0.4 is 14.8 Å². The summed E-state index contributed by atoms with van der Waals surface area (Å²) in [6.07, 6.45) is 0. The van der Waals surface area contributed by atoms with E-state index >= 15 is 0 Å². The monoisotopic (exact) mass is 245 g/mol. The first-order valence-corrected chi connectivity index (χ1v) is 5.58. The lowest BCUT2D eigenvalue weighted by molar-refractivity contribution is 0.0961. The number of carbonyl (C=O) groups is 1. The fraction of sp³-hybridized carbons (Fsp3) is 0.214. The molecule has 0 aliphatic rings. The van der Waals surface area contributed by atoms with Crippen molar-refractivity contribution in [2.45, 2.75) is 0 Å². The summed E-state index contributed by atoms with van der Waals surface area (Å²) in [5.74, 6) is 0.812. The molecule has 18 heavy (non-hydrogen) atoms. The molecule has 2 aromatic rings. The molecule has 94 valence electrons. The average molecular weight is 245 g/mol. The zero-order chi connectivity index (χ0) is 13.1. The molecular formula is C14H15NO3. The Balaban J connectivity index is 2.86. The Morgan fingerprint density at radius 2 is 1.89 bits per heavy atom. The highest BCUT2D eigenvalue weighted by molar-refractivity contribution is 6.10. The SMILES string of the molecule is CNC(=O)c1c(OC)c(OC)cc2ccccc12. The van der Waals surface area contributed by atoms with Crippen LogP contribution in [0.1, 0.15) is 10.4 Å². The molecule has 0 atom stereocenters. The van der Waals surface area contributed by atoms with Gasteiger partial charge in [0.15, 0.2) is 11.5 Å². The molecule has 0 aliphatic heterocycles. The van der Waals surface area contributed by atoms with E-state index in [2.05, 4.69) is 5.32 Å². The molecule has 4 heteroatoms. The summed E-state index contributed by atoms with van der Waals surface area (Å²) in [4.78, 5) is 12.0. The molecule has 0 spiro atoms. The lowest BCUT2D eigenvalue weighted by Gasteiger charge is -2.14.